The summed E-state index contributed by atoms with van der Waals surface area (Å²) in [4.78, 5) is 19.1. The molecule has 1 aliphatic rings. The van der Waals surface area contributed by atoms with Crippen LogP contribution in [0.5, 0.6) is 5.75 Å². The van der Waals surface area contributed by atoms with Crippen LogP contribution in [0.15, 0.2) is 61.1 Å². The van der Waals surface area contributed by atoms with Gasteiger partial charge in [0.15, 0.2) is 0 Å². The highest BCUT2D eigenvalue weighted by Gasteiger charge is 2.22. The summed E-state index contributed by atoms with van der Waals surface area (Å²) >= 11 is 0. The largest absolute Gasteiger partial charge is 0.495 e. The zero-order chi connectivity index (χ0) is 22.5. The maximum Gasteiger partial charge on any atom is 0.246 e. The van der Waals surface area contributed by atoms with Crippen molar-refractivity contribution in [1.82, 2.24) is 14.5 Å². The second kappa shape index (κ2) is 9.81. The first kappa shape index (κ1) is 21.8. The summed E-state index contributed by atoms with van der Waals surface area (Å²) in [7, 11) is 1.63. The number of imidazole rings is 1. The van der Waals surface area contributed by atoms with Crippen molar-refractivity contribution >= 4 is 12.0 Å². The van der Waals surface area contributed by atoms with E-state index in [0.29, 0.717) is 12.3 Å². The van der Waals surface area contributed by atoms with E-state index in [1.807, 2.05) is 59.0 Å². The Balaban J connectivity index is 1.47. The lowest BCUT2D eigenvalue weighted by Gasteiger charge is -2.23. The van der Waals surface area contributed by atoms with Crippen molar-refractivity contribution in [2.45, 2.75) is 32.1 Å². The van der Waals surface area contributed by atoms with Crippen molar-refractivity contribution in [2.75, 3.05) is 20.2 Å². The summed E-state index contributed by atoms with van der Waals surface area (Å²) in [6.07, 6.45) is 10.2. The highest BCUT2D eigenvalue weighted by Crippen LogP contribution is 2.28. The van der Waals surface area contributed by atoms with Gasteiger partial charge < -0.3 is 14.2 Å². The number of hydrogen-bond donors (Lipinski definition) is 0. The number of aryl methyl sites for hydroxylation is 1. The molecule has 1 unspecified atom stereocenters. The fraction of sp³-hybridized carbons (Fsp3) is 0.308. The molecule has 0 saturated carbocycles. The number of ether oxygens (including phenoxy) is 1. The topological polar surface area (TPSA) is 47.4 Å². The number of halogens is 1. The standard InChI is InChI=1S/C26H28FN3O2/c1-19-16-30(18-28-19)24-12-6-20(15-25(24)32-2)7-13-26(31)29-14-4-3-5-22(17-29)21-8-10-23(27)11-9-21/h6-13,15-16,18,22H,3-5,14,17H2,1-2H3. The van der Waals surface area contributed by atoms with Crippen LogP contribution in [-0.4, -0.2) is 40.6 Å². The van der Waals surface area contributed by atoms with Crippen LogP contribution >= 0.6 is 0 Å². The van der Waals surface area contributed by atoms with Crippen molar-refractivity contribution in [2.24, 2.45) is 0 Å². The zero-order valence-electron chi connectivity index (χ0n) is 18.5. The Morgan fingerprint density at radius 3 is 2.72 bits per heavy atom. The van der Waals surface area contributed by atoms with Gasteiger partial charge in [0.1, 0.15) is 11.6 Å². The van der Waals surface area contributed by atoms with Gasteiger partial charge in [-0.2, -0.15) is 0 Å². The Labute approximate surface area is 188 Å². The predicted octanol–water partition coefficient (Wildman–Crippen LogP) is 5.14. The van der Waals surface area contributed by atoms with Gasteiger partial charge in [0.2, 0.25) is 5.91 Å². The van der Waals surface area contributed by atoms with Crippen LogP contribution in [-0.2, 0) is 4.79 Å². The van der Waals surface area contributed by atoms with E-state index in [2.05, 4.69) is 4.98 Å². The first-order valence-corrected chi connectivity index (χ1v) is 10.9. The lowest BCUT2D eigenvalue weighted by atomic mass is 9.94. The molecule has 3 aromatic rings. The molecule has 1 atom stereocenters. The summed E-state index contributed by atoms with van der Waals surface area (Å²) in [6.45, 7) is 3.33. The molecular formula is C26H28FN3O2. The maximum absolute atomic E-state index is 13.3. The molecular weight excluding hydrogens is 405 g/mol. The van der Waals surface area contributed by atoms with Gasteiger partial charge >= 0.3 is 0 Å². The van der Waals surface area contributed by atoms with E-state index in [0.717, 1.165) is 48.3 Å². The quantitative estimate of drug-likeness (QED) is 0.524. The zero-order valence-corrected chi connectivity index (χ0v) is 18.5. The number of amides is 1. The number of carbonyl (C=O) groups is 1. The first-order valence-electron chi connectivity index (χ1n) is 10.9. The third-order valence-electron chi connectivity index (χ3n) is 5.94. The van der Waals surface area contributed by atoms with Crippen LogP contribution in [0, 0.1) is 12.7 Å². The highest BCUT2D eigenvalue weighted by molar-refractivity contribution is 5.92. The fourth-order valence-corrected chi connectivity index (χ4v) is 4.19. The average molecular weight is 434 g/mol. The summed E-state index contributed by atoms with van der Waals surface area (Å²) in [5.41, 5.74) is 3.80. The minimum Gasteiger partial charge on any atom is -0.495 e. The van der Waals surface area contributed by atoms with Gasteiger partial charge in [0, 0.05) is 31.3 Å². The Bertz CT molecular complexity index is 1100. The molecule has 0 spiro atoms. The Hall–Kier alpha value is -3.41. The molecule has 32 heavy (non-hydrogen) atoms. The minimum atomic E-state index is -0.233. The molecule has 1 amide bonds. The van der Waals surface area contributed by atoms with E-state index >= 15 is 0 Å². The van der Waals surface area contributed by atoms with Gasteiger partial charge in [0.05, 0.1) is 24.8 Å². The van der Waals surface area contributed by atoms with Crippen molar-refractivity contribution < 1.29 is 13.9 Å². The van der Waals surface area contributed by atoms with E-state index in [-0.39, 0.29) is 17.6 Å². The summed E-state index contributed by atoms with van der Waals surface area (Å²) in [5.74, 6) is 0.701. The molecule has 5 nitrogen and oxygen atoms in total. The maximum atomic E-state index is 13.3. The van der Waals surface area contributed by atoms with Crippen molar-refractivity contribution in [3.8, 4) is 11.4 Å². The number of benzene rings is 2. The minimum absolute atomic E-state index is 0.00714. The predicted molar refractivity (Wildman–Crippen MR) is 123 cm³/mol. The van der Waals surface area contributed by atoms with Crippen LogP contribution in [0.2, 0.25) is 0 Å². The summed E-state index contributed by atoms with van der Waals surface area (Å²) < 4.78 is 20.8. The van der Waals surface area contributed by atoms with Crippen molar-refractivity contribution in [1.29, 1.82) is 0 Å². The summed E-state index contributed by atoms with van der Waals surface area (Å²) in [6, 6.07) is 12.5. The first-order chi connectivity index (χ1) is 15.5. The van der Waals surface area contributed by atoms with Crippen LogP contribution < -0.4 is 4.74 Å². The van der Waals surface area contributed by atoms with Gasteiger partial charge in [-0.15, -0.1) is 0 Å². The molecule has 1 fully saturated rings. The summed E-state index contributed by atoms with van der Waals surface area (Å²) in [5, 5.41) is 0. The van der Waals surface area contributed by atoms with Crippen molar-refractivity contribution in [3.05, 3.63) is 83.7 Å². The molecule has 2 aromatic carbocycles. The van der Waals surface area contributed by atoms with Gasteiger partial charge in [-0.1, -0.05) is 24.6 Å². The molecule has 0 N–H and O–H groups in total. The number of hydrogen-bond acceptors (Lipinski definition) is 3. The van der Waals surface area contributed by atoms with E-state index in [1.165, 1.54) is 12.1 Å². The normalized spacial score (nSPS) is 16.8. The SMILES string of the molecule is COc1cc(C=CC(=O)N2CCCCC(c3ccc(F)cc3)C2)ccc1-n1cnc(C)c1. The third-order valence-corrected chi connectivity index (χ3v) is 5.94. The molecule has 1 aliphatic heterocycles. The molecule has 0 radical (unpaired) electrons. The lowest BCUT2D eigenvalue weighted by molar-refractivity contribution is -0.126. The van der Waals surface area contributed by atoms with E-state index < -0.39 is 0 Å². The van der Waals surface area contributed by atoms with Crippen molar-refractivity contribution in [3.63, 3.8) is 0 Å². The van der Waals surface area contributed by atoms with Crippen LogP contribution in [0.4, 0.5) is 4.39 Å². The number of likely N-dealkylation sites (tertiary alicyclic amines) is 1. The molecule has 2 heterocycles. The molecule has 6 heteroatoms. The molecule has 1 saturated heterocycles. The molecule has 166 valence electrons. The van der Waals surface area contributed by atoms with E-state index in [9.17, 15) is 9.18 Å². The van der Waals surface area contributed by atoms with Crippen LogP contribution in [0.3, 0.4) is 0 Å². The van der Waals surface area contributed by atoms with Gasteiger partial charge in [0.25, 0.3) is 0 Å². The molecule has 0 bridgehead atoms. The second-order valence-electron chi connectivity index (χ2n) is 8.22. The number of carbonyl (C=O) groups excluding carboxylic acids is 1. The monoisotopic (exact) mass is 433 g/mol. The second-order valence-corrected chi connectivity index (χ2v) is 8.22. The molecule has 0 aliphatic carbocycles. The number of aromatic nitrogens is 2. The number of nitrogens with zero attached hydrogens (tertiary/aromatic N) is 3. The van der Waals surface area contributed by atoms with E-state index in [4.69, 9.17) is 4.74 Å². The number of rotatable bonds is 5. The Morgan fingerprint density at radius 2 is 2.00 bits per heavy atom. The lowest BCUT2D eigenvalue weighted by Crippen LogP contribution is -2.32. The van der Waals surface area contributed by atoms with E-state index in [1.54, 1.807) is 19.5 Å². The number of methoxy groups -OCH3 is 1. The van der Waals surface area contributed by atoms with Gasteiger partial charge in [-0.05, 0) is 61.2 Å². The van der Waals surface area contributed by atoms with Gasteiger partial charge in [-0.3, -0.25) is 4.79 Å². The molecule has 4 rings (SSSR count). The molecule has 1 aromatic heterocycles. The highest BCUT2D eigenvalue weighted by atomic mass is 19.1. The Kier molecular flexibility index (Phi) is 6.69. The Morgan fingerprint density at radius 1 is 1.19 bits per heavy atom. The van der Waals surface area contributed by atoms with Gasteiger partial charge in [-0.25, -0.2) is 9.37 Å². The fourth-order valence-electron chi connectivity index (χ4n) is 4.19. The smallest absolute Gasteiger partial charge is 0.246 e. The average Bonchev–Trinajstić information content (AvgIpc) is 3.09. The third kappa shape index (κ3) is 5.07. The van der Waals surface area contributed by atoms with Crippen LogP contribution in [0.1, 0.15) is 42.0 Å². The van der Waals surface area contributed by atoms with Crippen LogP contribution in [0.25, 0.3) is 11.8 Å².